The lowest BCUT2D eigenvalue weighted by Gasteiger charge is -2.12. The van der Waals surface area contributed by atoms with Crippen molar-refractivity contribution in [3.05, 3.63) is 77.5 Å². The van der Waals surface area contributed by atoms with Gasteiger partial charge in [-0.3, -0.25) is 4.79 Å². The lowest BCUT2D eigenvalue weighted by atomic mass is 10.0. The number of hydrogen-bond acceptors (Lipinski definition) is 3. The predicted molar refractivity (Wildman–Crippen MR) is 117 cm³/mol. The molecule has 3 aromatic rings. The fourth-order valence-electron chi connectivity index (χ4n) is 3.57. The molecule has 0 aliphatic heterocycles. The van der Waals surface area contributed by atoms with E-state index in [2.05, 4.69) is 43.9 Å². The molecule has 1 amide bonds. The molecule has 0 fully saturated rings. The van der Waals surface area contributed by atoms with Crippen LogP contribution in [0.15, 0.2) is 55.1 Å². The van der Waals surface area contributed by atoms with Gasteiger partial charge in [0.25, 0.3) is 5.91 Å². The molecule has 0 saturated heterocycles. The predicted octanol–water partition coefficient (Wildman–Crippen LogP) is 5.30. The zero-order valence-electron chi connectivity index (χ0n) is 17.3. The number of nitrogens with one attached hydrogen (secondary N) is 1. The Morgan fingerprint density at radius 2 is 1.93 bits per heavy atom. The quantitative estimate of drug-likeness (QED) is 0.459. The van der Waals surface area contributed by atoms with Gasteiger partial charge in [0, 0.05) is 17.4 Å². The molecule has 5 nitrogen and oxygen atoms in total. The normalized spacial score (nSPS) is 10.9. The van der Waals surface area contributed by atoms with E-state index in [1.807, 2.05) is 11.5 Å². The van der Waals surface area contributed by atoms with E-state index in [4.69, 9.17) is 4.74 Å². The number of fused-ring (bicyclic) bond motifs is 1. The van der Waals surface area contributed by atoms with Gasteiger partial charge in [0.15, 0.2) is 0 Å². The summed E-state index contributed by atoms with van der Waals surface area (Å²) in [6.45, 7) is 10.6. The van der Waals surface area contributed by atoms with Crippen LogP contribution in [0.4, 0.5) is 5.69 Å². The van der Waals surface area contributed by atoms with Crippen LogP contribution in [0.5, 0.6) is 0 Å². The van der Waals surface area contributed by atoms with Gasteiger partial charge < -0.3 is 14.6 Å². The van der Waals surface area contributed by atoms with Crippen molar-refractivity contribution in [2.45, 2.75) is 33.2 Å². The number of carbonyl (C=O) groups excluding carboxylic acids is 2. The summed E-state index contributed by atoms with van der Waals surface area (Å²) in [6.07, 6.45) is 1.77. The summed E-state index contributed by atoms with van der Waals surface area (Å²) in [6, 6.07) is 13.1. The molecule has 150 valence electrons. The maximum absolute atomic E-state index is 13.3. The van der Waals surface area contributed by atoms with Crippen LogP contribution in [-0.2, 0) is 11.3 Å². The lowest BCUT2D eigenvalue weighted by molar-refractivity contribution is 0.0602. The first-order chi connectivity index (χ1) is 13.9. The van der Waals surface area contributed by atoms with E-state index in [1.165, 1.54) is 12.7 Å². The largest absolute Gasteiger partial charge is 0.465 e. The maximum atomic E-state index is 13.3. The average Bonchev–Trinajstić information content (AvgIpc) is 2.99. The van der Waals surface area contributed by atoms with E-state index in [9.17, 15) is 9.59 Å². The minimum Gasteiger partial charge on any atom is -0.465 e. The second kappa shape index (κ2) is 8.35. The molecule has 5 heteroatoms. The Bertz CT molecular complexity index is 1090. The number of aromatic nitrogens is 1. The molecule has 0 aliphatic carbocycles. The molecule has 0 radical (unpaired) electrons. The second-order valence-electron chi connectivity index (χ2n) is 7.30. The van der Waals surface area contributed by atoms with Crippen LogP contribution in [0, 0.1) is 6.92 Å². The van der Waals surface area contributed by atoms with Crippen molar-refractivity contribution in [3.63, 3.8) is 0 Å². The van der Waals surface area contributed by atoms with Gasteiger partial charge in [0.1, 0.15) is 5.69 Å². The van der Waals surface area contributed by atoms with Crippen molar-refractivity contribution >= 4 is 28.5 Å². The highest BCUT2D eigenvalue weighted by Crippen LogP contribution is 2.30. The van der Waals surface area contributed by atoms with Crippen molar-refractivity contribution in [2.24, 2.45) is 0 Å². The molecule has 0 saturated carbocycles. The van der Waals surface area contributed by atoms with Crippen molar-refractivity contribution < 1.29 is 14.3 Å². The van der Waals surface area contributed by atoms with E-state index in [-0.39, 0.29) is 5.91 Å². The molecule has 29 heavy (non-hydrogen) atoms. The minimum atomic E-state index is -0.495. The zero-order chi connectivity index (χ0) is 21.1. The van der Waals surface area contributed by atoms with Crippen LogP contribution in [0.2, 0.25) is 0 Å². The molecular formula is C24H26N2O3. The first-order valence-corrected chi connectivity index (χ1v) is 9.61. The smallest absolute Gasteiger partial charge is 0.339 e. The Labute approximate surface area is 171 Å². The Morgan fingerprint density at radius 3 is 2.59 bits per heavy atom. The molecule has 0 bridgehead atoms. The monoisotopic (exact) mass is 390 g/mol. The third-order valence-electron chi connectivity index (χ3n) is 5.11. The van der Waals surface area contributed by atoms with Crippen molar-refractivity contribution in [3.8, 4) is 0 Å². The first-order valence-electron chi connectivity index (χ1n) is 9.61. The number of carbonyl (C=O) groups is 2. The van der Waals surface area contributed by atoms with Gasteiger partial charge in [-0.05, 0) is 48.2 Å². The Morgan fingerprint density at radius 1 is 1.21 bits per heavy atom. The zero-order valence-corrected chi connectivity index (χ0v) is 17.3. The second-order valence-corrected chi connectivity index (χ2v) is 7.30. The number of aryl methyl sites for hydroxylation is 1. The fraction of sp³-hybridized carbons (Fsp3) is 0.250. The van der Waals surface area contributed by atoms with Crippen LogP contribution < -0.4 is 5.32 Å². The summed E-state index contributed by atoms with van der Waals surface area (Å²) < 4.78 is 6.78. The van der Waals surface area contributed by atoms with Gasteiger partial charge in [0.2, 0.25) is 0 Å². The minimum absolute atomic E-state index is 0.275. The number of benzene rings is 2. The van der Waals surface area contributed by atoms with Crippen LogP contribution in [0.3, 0.4) is 0 Å². The molecule has 0 atom stereocenters. The highest BCUT2D eigenvalue weighted by atomic mass is 16.5. The van der Waals surface area contributed by atoms with E-state index < -0.39 is 5.97 Å². The van der Waals surface area contributed by atoms with Crippen LogP contribution in [-0.4, -0.2) is 23.6 Å². The lowest BCUT2D eigenvalue weighted by Crippen LogP contribution is -2.19. The summed E-state index contributed by atoms with van der Waals surface area (Å²) in [5.41, 5.74) is 4.40. The van der Waals surface area contributed by atoms with Crippen LogP contribution in [0.1, 0.15) is 51.7 Å². The molecule has 0 aliphatic rings. The SMILES string of the molecule is C=CCn1c(C(=O)Nc2ccccc2C(=O)OC)c(C)c2cc(C(C)C)ccc21. The summed E-state index contributed by atoms with van der Waals surface area (Å²) in [5.74, 6) is -0.375. The van der Waals surface area contributed by atoms with Crippen molar-refractivity contribution in [1.82, 2.24) is 4.57 Å². The fourth-order valence-corrected chi connectivity index (χ4v) is 3.57. The third kappa shape index (κ3) is 3.81. The number of methoxy groups -OCH3 is 1. The summed E-state index contributed by atoms with van der Waals surface area (Å²) in [5, 5.41) is 3.93. The highest BCUT2D eigenvalue weighted by Gasteiger charge is 2.22. The van der Waals surface area contributed by atoms with Crippen molar-refractivity contribution in [1.29, 1.82) is 0 Å². The highest BCUT2D eigenvalue weighted by molar-refractivity contribution is 6.10. The van der Waals surface area contributed by atoms with E-state index in [0.29, 0.717) is 29.4 Å². The molecule has 2 aromatic carbocycles. The number of allylic oxidation sites excluding steroid dienone is 1. The van der Waals surface area contributed by atoms with Crippen LogP contribution >= 0.6 is 0 Å². The third-order valence-corrected chi connectivity index (χ3v) is 5.11. The summed E-state index contributed by atoms with van der Waals surface area (Å²) in [7, 11) is 1.32. The van der Waals surface area contributed by atoms with Gasteiger partial charge >= 0.3 is 5.97 Å². The number of ether oxygens (including phenoxy) is 1. The maximum Gasteiger partial charge on any atom is 0.339 e. The number of esters is 1. The van der Waals surface area contributed by atoms with Gasteiger partial charge in [-0.2, -0.15) is 0 Å². The number of rotatable bonds is 6. The summed E-state index contributed by atoms with van der Waals surface area (Å²) in [4.78, 5) is 25.3. The van der Waals surface area contributed by atoms with Gasteiger partial charge in [0.05, 0.1) is 18.4 Å². The molecule has 1 heterocycles. The Balaban J connectivity index is 2.10. The number of hydrogen-bond donors (Lipinski definition) is 1. The number of amides is 1. The Kier molecular flexibility index (Phi) is 5.87. The topological polar surface area (TPSA) is 60.3 Å². The van der Waals surface area contributed by atoms with E-state index in [0.717, 1.165) is 16.5 Å². The van der Waals surface area contributed by atoms with E-state index in [1.54, 1.807) is 30.3 Å². The van der Waals surface area contributed by atoms with Crippen LogP contribution in [0.25, 0.3) is 10.9 Å². The molecule has 1 N–H and O–H groups in total. The number of nitrogens with zero attached hydrogens (tertiary/aromatic N) is 1. The number of para-hydroxylation sites is 1. The molecule has 3 rings (SSSR count). The summed E-state index contributed by atoms with van der Waals surface area (Å²) >= 11 is 0. The standard InChI is InChI=1S/C24H26N2O3/c1-6-13-26-21-12-11-17(15(2)3)14-19(21)16(4)22(26)23(27)25-20-10-8-7-9-18(20)24(28)29-5/h6-12,14-15H,1,13H2,2-5H3,(H,25,27). The van der Waals surface area contributed by atoms with Gasteiger partial charge in [-0.1, -0.05) is 38.1 Å². The molecule has 1 aromatic heterocycles. The van der Waals surface area contributed by atoms with Gasteiger partial charge in [-0.25, -0.2) is 4.79 Å². The van der Waals surface area contributed by atoms with Crippen molar-refractivity contribution in [2.75, 3.05) is 12.4 Å². The average molecular weight is 390 g/mol. The van der Waals surface area contributed by atoms with Gasteiger partial charge in [-0.15, -0.1) is 6.58 Å². The van der Waals surface area contributed by atoms with E-state index >= 15 is 0 Å². The Hall–Kier alpha value is -3.34. The molecule has 0 unspecified atom stereocenters. The molecule has 0 spiro atoms. The number of anilines is 1. The first kappa shape index (κ1) is 20.4. The molecular weight excluding hydrogens is 364 g/mol.